The molecule has 1 aromatic rings. The standard InChI is InChI=1S/C14H21ClN4O4S2/c1-14(2,3)23-12(22)17-6-5-16-10(21)9-11(18-8(20)7-15)25-13(19-9)24-4/h5-7H2,1-4H3,(H,16,21)(H,17,22)(H,18,20). The number of thioether (sulfide) groups is 1. The van der Waals surface area contributed by atoms with E-state index in [0.717, 1.165) is 0 Å². The van der Waals surface area contributed by atoms with Crippen LogP contribution in [0, 0.1) is 0 Å². The molecule has 0 saturated carbocycles. The number of amides is 3. The fraction of sp³-hybridized carbons (Fsp3) is 0.571. The van der Waals surface area contributed by atoms with Gasteiger partial charge in [0.05, 0.1) is 0 Å². The third-order valence-electron chi connectivity index (χ3n) is 2.45. The summed E-state index contributed by atoms with van der Waals surface area (Å²) in [5.74, 6) is -1.08. The number of rotatable bonds is 7. The van der Waals surface area contributed by atoms with Gasteiger partial charge in [0.15, 0.2) is 10.0 Å². The Morgan fingerprint density at radius 2 is 1.88 bits per heavy atom. The minimum Gasteiger partial charge on any atom is -0.444 e. The Morgan fingerprint density at radius 3 is 2.44 bits per heavy atom. The van der Waals surface area contributed by atoms with Crippen molar-refractivity contribution in [1.82, 2.24) is 15.6 Å². The summed E-state index contributed by atoms with van der Waals surface area (Å²) in [6.45, 7) is 5.67. The zero-order chi connectivity index (χ0) is 19.0. The molecule has 8 nitrogen and oxygen atoms in total. The van der Waals surface area contributed by atoms with E-state index in [0.29, 0.717) is 9.34 Å². The number of anilines is 1. The predicted octanol–water partition coefficient (Wildman–Crippen LogP) is 2.30. The first kappa shape index (κ1) is 21.5. The van der Waals surface area contributed by atoms with Crippen molar-refractivity contribution >= 4 is 57.6 Å². The van der Waals surface area contributed by atoms with Gasteiger partial charge in [-0.25, -0.2) is 9.78 Å². The molecule has 0 unspecified atom stereocenters. The van der Waals surface area contributed by atoms with Crippen LogP contribution >= 0.6 is 34.7 Å². The summed E-state index contributed by atoms with van der Waals surface area (Å²) in [6, 6.07) is 0. The number of alkyl halides is 1. The SMILES string of the molecule is CSc1nc(C(=O)NCCNC(=O)OC(C)(C)C)c(NC(=O)CCl)s1. The first-order valence-corrected chi connectivity index (χ1v) is 9.89. The van der Waals surface area contributed by atoms with Crippen molar-refractivity contribution in [2.75, 3.05) is 30.5 Å². The Hall–Kier alpha value is -1.52. The first-order valence-electron chi connectivity index (χ1n) is 7.32. The van der Waals surface area contributed by atoms with E-state index in [4.69, 9.17) is 16.3 Å². The van der Waals surface area contributed by atoms with E-state index in [1.807, 2.05) is 6.26 Å². The summed E-state index contributed by atoms with van der Waals surface area (Å²) in [5.41, 5.74) is -0.470. The molecule has 1 aromatic heterocycles. The van der Waals surface area contributed by atoms with Gasteiger partial charge in [-0.2, -0.15) is 0 Å². The molecule has 0 fully saturated rings. The Morgan fingerprint density at radius 1 is 1.24 bits per heavy atom. The average molecular weight is 409 g/mol. The van der Waals surface area contributed by atoms with E-state index < -0.39 is 23.5 Å². The van der Waals surface area contributed by atoms with Crippen molar-refractivity contribution in [3.8, 4) is 0 Å². The van der Waals surface area contributed by atoms with Crippen LogP contribution < -0.4 is 16.0 Å². The third-order valence-corrected chi connectivity index (χ3v) is 4.65. The maximum atomic E-state index is 12.2. The lowest BCUT2D eigenvalue weighted by atomic mass is 10.2. The fourth-order valence-corrected chi connectivity index (χ4v) is 3.07. The van der Waals surface area contributed by atoms with Crippen molar-refractivity contribution < 1.29 is 19.1 Å². The minimum absolute atomic E-state index is 0.116. The summed E-state index contributed by atoms with van der Waals surface area (Å²) in [6.07, 6.45) is 1.26. The van der Waals surface area contributed by atoms with Crippen molar-refractivity contribution in [3.05, 3.63) is 5.69 Å². The van der Waals surface area contributed by atoms with Gasteiger partial charge in [0.1, 0.15) is 16.5 Å². The number of alkyl carbamates (subject to hydrolysis) is 1. The molecule has 11 heteroatoms. The largest absolute Gasteiger partial charge is 0.444 e. The molecule has 0 spiro atoms. The summed E-state index contributed by atoms with van der Waals surface area (Å²) < 4.78 is 5.73. The summed E-state index contributed by atoms with van der Waals surface area (Å²) >= 11 is 8.02. The maximum Gasteiger partial charge on any atom is 0.407 e. The van der Waals surface area contributed by atoms with Gasteiger partial charge in [-0.3, -0.25) is 9.59 Å². The summed E-state index contributed by atoms with van der Waals surface area (Å²) in [5, 5.41) is 8.05. The number of nitrogens with one attached hydrogen (secondary N) is 3. The van der Waals surface area contributed by atoms with Crippen molar-refractivity contribution in [3.63, 3.8) is 0 Å². The van der Waals surface area contributed by atoms with Crippen LogP contribution in [-0.2, 0) is 9.53 Å². The van der Waals surface area contributed by atoms with Crippen LogP contribution in [-0.4, -0.2) is 53.7 Å². The molecule has 0 aliphatic carbocycles. The molecule has 0 aromatic carbocycles. The number of hydrogen-bond acceptors (Lipinski definition) is 7. The summed E-state index contributed by atoms with van der Waals surface area (Å²) in [4.78, 5) is 39.4. The predicted molar refractivity (Wildman–Crippen MR) is 99.8 cm³/mol. The van der Waals surface area contributed by atoms with Crippen LogP contribution in [0.15, 0.2) is 4.34 Å². The lowest BCUT2D eigenvalue weighted by molar-refractivity contribution is -0.113. The highest BCUT2D eigenvalue weighted by molar-refractivity contribution is 8.00. The average Bonchev–Trinajstić information content (AvgIpc) is 2.92. The Labute approximate surface area is 159 Å². The topological polar surface area (TPSA) is 109 Å². The Balaban J connectivity index is 2.55. The van der Waals surface area contributed by atoms with Gasteiger partial charge in [-0.1, -0.05) is 23.1 Å². The number of thiazole rings is 1. The second-order valence-corrected chi connectivity index (χ2v) is 8.05. The van der Waals surface area contributed by atoms with Crippen LogP contribution in [0.3, 0.4) is 0 Å². The molecule has 140 valence electrons. The molecule has 0 saturated heterocycles. The minimum atomic E-state index is -0.586. The van der Waals surface area contributed by atoms with Gasteiger partial charge >= 0.3 is 6.09 Å². The van der Waals surface area contributed by atoms with Crippen LogP contribution in [0.1, 0.15) is 31.3 Å². The van der Waals surface area contributed by atoms with E-state index >= 15 is 0 Å². The van der Waals surface area contributed by atoms with Gasteiger partial charge < -0.3 is 20.7 Å². The molecule has 0 aliphatic heterocycles. The van der Waals surface area contributed by atoms with Crippen molar-refractivity contribution in [1.29, 1.82) is 0 Å². The first-order chi connectivity index (χ1) is 11.7. The molecule has 3 N–H and O–H groups in total. The van der Waals surface area contributed by atoms with Gasteiger partial charge in [0, 0.05) is 13.1 Å². The van der Waals surface area contributed by atoms with Crippen LogP contribution in [0.5, 0.6) is 0 Å². The van der Waals surface area contributed by atoms with E-state index in [2.05, 4.69) is 20.9 Å². The summed E-state index contributed by atoms with van der Waals surface area (Å²) in [7, 11) is 0. The highest BCUT2D eigenvalue weighted by Gasteiger charge is 2.20. The van der Waals surface area contributed by atoms with Gasteiger partial charge in [-0.05, 0) is 27.0 Å². The number of carbonyl (C=O) groups excluding carboxylic acids is 3. The van der Waals surface area contributed by atoms with Crippen LogP contribution in [0.2, 0.25) is 0 Å². The van der Waals surface area contributed by atoms with E-state index in [9.17, 15) is 14.4 Å². The highest BCUT2D eigenvalue weighted by atomic mass is 35.5. The van der Waals surface area contributed by atoms with Crippen LogP contribution in [0.4, 0.5) is 9.80 Å². The zero-order valence-corrected chi connectivity index (χ0v) is 16.8. The highest BCUT2D eigenvalue weighted by Crippen LogP contribution is 2.30. The molecule has 0 radical (unpaired) electrons. The van der Waals surface area contributed by atoms with Crippen LogP contribution in [0.25, 0.3) is 0 Å². The molecule has 3 amide bonds. The van der Waals surface area contributed by atoms with Crippen molar-refractivity contribution in [2.45, 2.75) is 30.7 Å². The number of aromatic nitrogens is 1. The molecular formula is C14H21ClN4O4S2. The second-order valence-electron chi connectivity index (χ2n) is 5.73. The Kier molecular flexibility index (Phi) is 8.46. The Bertz CT molecular complexity index is 631. The number of halogens is 1. The van der Waals surface area contributed by atoms with Gasteiger partial charge in [0.2, 0.25) is 5.91 Å². The quantitative estimate of drug-likeness (QED) is 0.363. The maximum absolute atomic E-state index is 12.2. The lowest BCUT2D eigenvalue weighted by Crippen LogP contribution is -2.38. The zero-order valence-electron chi connectivity index (χ0n) is 14.4. The second kappa shape index (κ2) is 9.83. The number of carbonyl (C=O) groups is 3. The lowest BCUT2D eigenvalue weighted by Gasteiger charge is -2.19. The van der Waals surface area contributed by atoms with E-state index in [1.165, 1.54) is 23.1 Å². The fourth-order valence-electron chi connectivity index (χ4n) is 1.52. The molecule has 0 atom stereocenters. The van der Waals surface area contributed by atoms with E-state index in [-0.39, 0.29) is 24.7 Å². The van der Waals surface area contributed by atoms with E-state index in [1.54, 1.807) is 20.8 Å². The molecular weight excluding hydrogens is 388 g/mol. The van der Waals surface area contributed by atoms with Gasteiger partial charge in [-0.15, -0.1) is 11.6 Å². The third kappa shape index (κ3) is 7.93. The molecule has 0 bridgehead atoms. The molecule has 0 aliphatic rings. The molecule has 25 heavy (non-hydrogen) atoms. The number of ether oxygens (including phenoxy) is 1. The molecule has 1 rings (SSSR count). The normalized spacial score (nSPS) is 10.9. The van der Waals surface area contributed by atoms with Gasteiger partial charge in [0.25, 0.3) is 5.91 Å². The number of hydrogen-bond donors (Lipinski definition) is 3. The smallest absolute Gasteiger partial charge is 0.407 e. The molecule has 1 heterocycles. The van der Waals surface area contributed by atoms with Crippen molar-refractivity contribution in [2.24, 2.45) is 0 Å². The number of nitrogens with zero attached hydrogens (tertiary/aromatic N) is 1. The monoisotopic (exact) mass is 408 g/mol.